The number of likely N-dealkylation sites (tertiary alicyclic amines) is 1. The summed E-state index contributed by atoms with van der Waals surface area (Å²) < 4.78 is 0. The van der Waals surface area contributed by atoms with Crippen molar-refractivity contribution in [3.63, 3.8) is 0 Å². The minimum absolute atomic E-state index is 0.106. The van der Waals surface area contributed by atoms with Crippen LogP contribution < -0.4 is 10.6 Å². The summed E-state index contributed by atoms with van der Waals surface area (Å²) in [6.45, 7) is 1.56. The third kappa shape index (κ3) is 4.90. The van der Waals surface area contributed by atoms with Gasteiger partial charge in [-0.2, -0.15) is 0 Å². The van der Waals surface area contributed by atoms with E-state index < -0.39 is 0 Å². The maximum atomic E-state index is 12.5. The molecular weight excluding hydrogens is 382 g/mol. The second-order valence-corrected chi connectivity index (χ2v) is 8.06. The standard InChI is InChI=1S/C23H23N3O2S/c27-22(16-29-19-12-11-17-7-1-2-8-18(17)15-19)24-20-9-3-4-10-21(20)25-23(28)26-13-5-6-14-26/h1-4,7-12,15H,5-6,13-14,16H2,(H,24,27)(H,25,28). The Morgan fingerprint density at radius 2 is 1.48 bits per heavy atom. The number of hydrogen-bond donors (Lipinski definition) is 2. The average Bonchev–Trinajstić information content (AvgIpc) is 3.29. The lowest BCUT2D eigenvalue weighted by Crippen LogP contribution is -2.32. The van der Waals surface area contributed by atoms with E-state index in [1.54, 1.807) is 17.0 Å². The van der Waals surface area contributed by atoms with E-state index in [1.807, 2.05) is 30.3 Å². The largest absolute Gasteiger partial charge is 0.325 e. The number of carbonyl (C=O) groups excluding carboxylic acids is 2. The predicted molar refractivity (Wildman–Crippen MR) is 120 cm³/mol. The van der Waals surface area contributed by atoms with E-state index in [2.05, 4.69) is 34.9 Å². The summed E-state index contributed by atoms with van der Waals surface area (Å²) in [6.07, 6.45) is 2.08. The van der Waals surface area contributed by atoms with Gasteiger partial charge in [-0.15, -0.1) is 11.8 Å². The molecule has 148 valence electrons. The molecule has 0 saturated carbocycles. The highest BCUT2D eigenvalue weighted by atomic mass is 32.2. The van der Waals surface area contributed by atoms with Crippen molar-refractivity contribution in [3.05, 3.63) is 66.7 Å². The lowest BCUT2D eigenvalue weighted by molar-refractivity contribution is -0.113. The molecule has 2 N–H and O–H groups in total. The Hall–Kier alpha value is -2.99. The number of thioether (sulfide) groups is 1. The van der Waals surface area contributed by atoms with Crippen LogP contribution in [0.3, 0.4) is 0 Å². The predicted octanol–water partition coefficient (Wildman–Crippen LogP) is 5.20. The van der Waals surface area contributed by atoms with Gasteiger partial charge in [0.25, 0.3) is 0 Å². The monoisotopic (exact) mass is 405 g/mol. The van der Waals surface area contributed by atoms with Crippen LogP contribution in [0.15, 0.2) is 71.6 Å². The fourth-order valence-electron chi connectivity index (χ4n) is 3.41. The third-order valence-electron chi connectivity index (χ3n) is 4.93. The minimum Gasteiger partial charge on any atom is -0.325 e. The van der Waals surface area contributed by atoms with E-state index in [4.69, 9.17) is 0 Å². The van der Waals surface area contributed by atoms with Gasteiger partial charge in [-0.05, 0) is 47.9 Å². The molecule has 0 spiro atoms. The van der Waals surface area contributed by atoms with E-state index >= 15 is 0 Å². The number of carbonyl (C=O) groups is 2. The molecule has 6 heteroatoms. The molecule has 29 heavy (non-hydrogen) atoms. The van der Waals surface area contributed by atoms with Gasteiger partial charge in [0.1, 0.15) is 0 Å². The number of hydrogen-bond acceptors (Lipinski definition) is 3. The summed E-state index contributed by atoms with van der Waals surface area (Å²) in [5.41, 5.74) is 1.23. The maximum Gasteiger partial charge on any atom is 0.321 e. The number of nitrogens with one attached hydrogen (secondary N) is 2. The Balaban J connectivity index is 1.37. The molecule has 0 bridgehead atoms. The maximum absolute atomic E-state index is 12.5. The number of benzene rings is 3. The molecule has 0 aliphatic carbocycles. The summed E-state index contributed by atoms with van der Waals surface area (Å²) >= 11 is 1.50. The topological polar surface area (TPSA) is 61.4 Å². The van der Waals surface area contributed by atoms with Crippen molar-refractivity contribution < 1.29 is 9.59 Å². The Morgan fingerprint density at radius 1 is 0.828 bits per heavy atom. The molecule has 0 aromatic heterocycles. The molecule has 5 nitrogen and oxygen atoms in total. The second kappa shape index (κ2) is 9.01. The van der Waals surface area contributed by atoms with Crippen molar-refractivity contribution >= 4 is 45.8 Å². The van der Waals surface area contributed by atoms with E-state index in [0.29, 0.717) is 17.1 Å². The van der Waals surface area contributed by atoms with Crippen LogP contribution in [0, 0.1) is 0 Å². The van der Waals surface area contributed by atoms with Crippen LogP contribution in [-0.2, 0) is 4.79 Å². The first-order chi connectivity index (χ1) is 14.2. The zero-order valence-corrected chi connectivity index (χ0v) is 16.9. The SMILES string of the molecule is O=C(CSc1ccc2ccccc2c1)Nc1ccccc1NC(=O)N1CCCC1. The van der Waals surface area contributed by atoms with Crippen LogP contribution >= 0.6 is 11.8 Å². The van der Waals surface area contributed by atoms with Crippen LogP contribution in [0.4, 0.5) is 16.2 Å². The van der Waals surface area contributed by atoms with Crippen molar-refractivity contribution in [3.8, 4) is 0 Å². The molecule has 1 saturated heterocycles. The van der Waals surface area contributed by atoms with Gasteiger partial charge in [0, 0.05) is 18.0 Å². The van der Waals surface area contributed by atoms with Gasteiger partial charge in [0.05, 0.1) is 17.1 Å². The molecule has 1 heterocycles. The fraction of sp³-hybridized carbons (Fsp3) is 0.217. The Labute approximate surface area is 174 Å². The molecule has 1 aliphatic rings. The summed E-state index contributed by atoms with van der Waals surface area (Å²) in [4.78, 5) is 27.7. The molecule has 3 aromatic carbocycles. The number of anilines is 2. The highest BCUT2D eigenvalue weighted by molar-refractivity contribution is 8.00. The number of amides is 3. The molecule has 0 unspecified atom stereocenters. The van der Waals surface area contributed by atoms with Crippen LogP contribution in [-0.4, -0.2) is 35.7 Å². The normalized spacial score (nSPS) is 13.4. The van der Waals surface area contributed by atoms with Crippen LogP contribution in [0.5, 0.6) is 0 Å². The van der Waals surface area contributed by atoms with Crippen LogP contribution in [0.2, 0.25) is 0 Å². The Morgan fingerprint density at radius 3 is 2.24 bits per heavy atom. The number of nitrogens with zero attached hydrogens (tertiary/aromatic N) is 1. The van der Waals surface area contributed by atoms with Gasteiger partial charge in [-0.3, -0.25) is 4.79 Å². The lowest BCUT2D eigenvalue weighted by atomic mass is 10.1. The quantitative estimate of drug-likeness (QED) is 0.574. The summed E-state index contributed by atoms with van der Waals surface area (Å²) in [6, 6.07) is 21.5. The molecule has 3 aromatic rings. The molecule has 3 amide bonds. The average molecular weight is 406 g/mol. The first-order valence-corrected chi connectivity index (χ1v) is 10.7. The summed E-state index contributed by atoms with van der Waals surface area (Å²) in [5, 5.41) is 8.18. The summed E-state index contributed by atoms with van der Waals surface area (Å²) in [5.74, 6) is 0.193. The molecule has 1 fully saturated rings. The minimum atomic E-state index is -0.116. The molecular formula is C23H23N3O2S. The van der Waals surface area contributed by atoms with Crippen molar-refractivity contribution in [2.24, 2.45) is 0 Å². The molecule has 1 aliphatic heterocycles. The molecule has 4 rings (SSSR count). The number of rotatable bonds is 5. The number of para-hydroxylation sites is 2. The highest BCUT2D eigenvalue weighted by Gasteiger charge is 2.19. The van der Waals surface area contributed by atoms with Gasteiger partial charge in [0.2, 0.25) is 5.91 Å². The van der Waals surface area contributed by atoms with Crippen molar-refractivity contribution in [1.82, 2.24) is 4.90 Å². The van der Waals surface area contributed by atoms with Gasteiger partial charge in [-0.1, -0.05) is 42.5 Å². The van der Waals surface area contributed by atoms with E-state index in [0.717, 1.165) is 36.2 Å². The number of fused-ring (bicyclic) bond motifs is 1. The van der Waals surface area contributed by atoms with Crippen molar-refractivity contribution in [1.29, 1.82) is 0 Å². The van der Waals surface area contributed by atoms with E-state index in [9.17, 15) is 9.59 Å². The van der Waals surface area contributed by atoms with Crippen LogP contribution in [0.25, 0.3) is 10.8 Å². The molecule has 0 atom stereocenters. The van der Waals surface area contributed by atoms with Crippen LogP contribution in [0.1, 0.15) is 12.8 Å². The van der Waals surface area contributed by atoms with E-state index in [-0.39, 0.29) is 11.9 Å². The zero-order valence-electron chi connectivity index (χ0n) is 16.1. The first-order valence-electron chi connectivity index (χ1n) is 9.75. The lowest BCUT2D eigenvalue weighted by Gasteiger charge is -2.18. The van der Waals surface area contributed by atoms with Gasteiger partial charge in [0.15, 0.2) is 0 Å². The van der Waals surface area contributed by atoms with E-state index in [1.165, 1.54) is 17.1 Å². The Kier molecular flexibility index (Phi) is 6.00. The first kappa shape index (κ1) is 19.3. The fourth-order valence-corrected chi connectivity index (χ4v) is 4.15. The molecule has 0 radical (unpaired) electrons. The zero-order chi connectivity index (χ0) is 20.1. The van der Waals surface area contributed by atoms with Crippen molar-refractivity contribution in [2.75, 3.05) is 29.5 Å². The van der Waals surface area contributed by atoms with Gasteiger partial charge >= 0.3 is 6.03 Å². The summed E-state index contributed by atoms with van der Waals surface area (Å²) in [7, 11) is 0. The van der Waals surface area contributed by atoms with Gasteiger partial charge in [-0.25, -0.2) is 4.79 Å². The highest BCUT2D eigenvalue weighted by Crippen LogP contribution is 2.25. The van der Waals surface area contributed by atoms with Crippen molar-refractivity contribution in [2.45, 2.75) is 17.7 Å². The van der Waals surface area contributed by atoms with Gasteiger partial charge < -0.3 is 15.5 Å². The number of urea groups is 1. The Bertz CT molecular complexity index is 1030. The third-order valence-corrected chi connectivity index (χ3v) is 5.92. The second-order valence-electron chi connectivity index (χ2n) is 7.02. The smallest absolute Gasteiger partial charge is 0.321 e.